The zero-order valence-electron chi connectivity index (χ0n) is 16.4. The molecule has 0 aliphatic rings. The zero-order chi connectivity index (χ0) is 21.5. The third kappa shape index (κ3) is 5.57. The molecule has 3 aromatic rings. The number of anilines is 2. The summed E-state index contributed by atoms with van der Waals surface area (Å²) >= 11 is 1.20. The molecule has 2 N–H and O–H groups in total. The molecule has 10 heteroatoms. The molecular weight excluding hydrogens is 409 g/mol. The second-order valence-corrected chi connectivity index (χ2v) is 7.17. The van der Waals surface area contributed by atoms with E-state index >= 15 is 0 Å². The average molecular weight is 429 g/mol. The van der Waals surface area contributed by atoms with Gasteiger partial charge in [0.1, 0.15) is 17.4 Å². The van der Waals surface area contributed by atoms with Gasteiger partial charge >= 0.3 is 0 Å². The number of thioether (sulfide) groups is 1. The van der Waals surface area contributed by atoms with E-state index in [4.69, 9.17) is 4.74 Å². The fraction of sp³-hybridized carbons (Fsp3) is 0.200. The quantitative estimate of drug-likeness (QED) is 0.535. The van der Waals surface area contributed by atoms with E-state index in [1.165, 1.54) is 23.9 Å². The highest BCUT2D eigenvalue weighted by molar-refractivity contribution is 7.99. The van der Waals surface area contributed by atoms with Gasteiger partial charge in [0, 0.05) is 12.7 Å². The minimum Gasteiger partial charge on any atom is -0.497 e. The van der Waals surface area contributed by atoms with E-state index in [9.17, 15) is 14.0 Å². The molecule has 2 amide bonds. The average Bonchev–Trinajstić information content (AvgIpc) is 3.08. The molecular formula is C20H20FN5O3S. The number of rotatable bonds is 8. The standard InChI is InChI=1S/C20H20FN5O3S/c1-26-17(11-18(27)23-16-6-4-3-5-15(16)21)24-25-20(26)30-12-19(28)22-13-7-9-14(29-2)10-8-13/h3-10H,11-12H2,1-2H3,(H,22,28)(H,23,27). The topological polar surface area (TPSA) is 98.1 Å². The molecule has 3 rings (SSSR count). The summed E-state index contributed by atoms with van der Waals surface area (Å²) in [5.74, 6) is 0.105. The van der Waals surface area contributed by atoms with Gasteiger partial charge in [-0.1, -0.05) is 23.9 Å². The summed E-state index contributed by atoms with van der Waals surface area (Å²) in [7, 11) is 3.28. The van der Waals surface area contributed by atoms with Crippen molar-refractivity contribution in [3.8, 4) is 5.75 Å². The van der Waals surface area contributed by atoms with Gasteiger partial charge in [0.2, 0.25) is 11.8 Å². The van der Waals surface area contributed by atoms with E-state index in [0.717, 1.165) is 0 Å². The molecule has 1 aromatic heterocycles. The van der Waals surface area contributed by atoms with Gasteiger partial charge < -0.3 is 19.9 Å². The summed E-state index contributed by atoms with van der Waals surface area (Å²) in [6, 6.07) is 12.9. The minimum absolute atomic E-state index is 0.0730. The Kier molecular flexibility index (Phi) is 7.02. The Morgan fingerprint density at radius 1 is 1.07 bits per heavy atom. The van der Waals surface area contributed by atoms with Crippen LogP contribution in [0, 0.1) is 5.82 Å². The van der Waals surface area contributed by atoms with Crippen LogP contribution in [0.1, 0.15) is 5.82 Å². The van der Waals surface area contributed by atoms with Crippen LogP contribution in [-0.2, 0) is 23.1 Å². The van der Waals surface area contributed by atoms with Crippen molar-refractivity contribution in [2.45, 2.75) is 11.6 Å². The van der Waals surface area contributed by atoms with E-state index in [-0.39, 0.29) is 23.8 Å². The van der Waals surface area contributed by atoms with Crippen LogP contribution in [0.5, 0.6) is 5.75 Å². The van der Waals surface area contributed by atoms with Crippen LogP contribution in [0.25, 0.3) is 0 Å². The fourth-order valence-electron chi connectivity index (χ4n) is 2.53. The molecule has 0 fully saturated rings. The number of halogens is 1. The molecule has 0 saturated carbocycles. The van der Waals surface area contributed by atoms with Crippen molar-refractivity contribution in [2.75, 3.05) is 23.5 Å². The number of hydrogen-bond acceptors (Lipinski definition) is 6. The van der Waals surface area contributed by atoms with Crippen molar-refractivity contribution in [2.24, 2.45) is 7.05 Å². The molecule has 0 spiro atoms. The van der Waals surface area contributed by atoms with Crippen molar-refractivity contribution < 1.29 is 18.7 Å². The van der Waals surface area contributed by atoms with Crippen molar-refractivity contribution in [3.05, 3.63) is 60.2 Å². The molecule has 0 unspecified atom stereocenters. The number of carbonyl (C=O) groups is 2. The van der Waals surface area contributed by atoms with Crippen LogP contribution in [0.15, 0.2) is 53.7 Å². The summed E-state index contributed by atoms with van der Waals surface area (Å²) in [5, 5.41) is 13.8. The number of ether oxygens (including phenoxy) is 1. The normalized spacial score (nSPS) is 10.5. The lowest BCUT2D eigenvalue weighted by molar-refractivity contribution is -0.116. The predicted molar refractivity (Wildman–Crippen MR) is 112 cm³/mol. The predicted octanol–water partition coefficient (Wildman–Crippen LogP) is 2.87. The second-order valence-electron chi connectivity index (χ2n) is 6.23. The van der Waals surface area contributed by atoms with Gasteiger partial charge in [0.25, 0.3) is 0 Å². The van der Waals surface area contributed by atoms with E-state index < -0.39 is 11.7 Å². The molecule has 0 atom stereocenters. The highest BCUT2D eigenvalue weighted by Gasteiger charge is 2.15. The smallest absolute Gasteiger partial charge is 0.234 e. The number of hydrogen-bond donors (Lipinski definition) is 2. The van der Waals surface area contributed by atoms with Gasteiger partial charge in [-0.05, 0) is 36.4 Å². The molecule has 0 radical (unpaired) electrons. The van der Waals surface area contributed by atoms with Crippen molar-refractivity contribution >= 4 is 35.0 Å². The van der Waals surface area contributed by atoms with Crippen molar-refractivity contribution in [3.63, 3.8) is 0 Å². The number of para-hydroxylation sites is 1. The van der Waals surface area contributed by atoms with E-state index in [1.54, 1.807) is 55.1 Å². The van der Waals surface area contributed by atoms with Crippen molar-refractivity contribution in [1.29, 1.82) is 0 Å². The number of methoxy groups -OCH3 is 1. The molecule has 1 heterocycles. The summed E-state index contributed by atoms with van der Waals surface area (Å²) in [5.41, 5.74) is 0.763. The van der Waals surface area contributed by atoms with E-state index in [2.05, 4.69) is 20.8 Å². The third-order valence-electron chi connectivity index (χ3n) is 4.10. The van der Waals surface area contributed by atoms with Crippen LogP contribution in [0.2, 0.25) is 0 Å². The van der Waals surface area contributed by atoms with Gasteiger partial charge in [-0.15, -0.1) is 10.2 Å². The summed E-state index contributed by atoms with van der Waals surface area (Å²) in [6.07, 6.45) is -0.0730. The monoisotopic (exact) mass is 429 g/mol. The summed E-state index contributed by atoms with van der Waals surface area (Å²) in [6.45, 7) is 0. The van der Waals surface area contributed by atoms with Crippen LogP contribution in [0.3, 0.4) is 0 Å². The maximum absolute atomic E-state index is 13.6. The molecule has 8 nitrogen and oxygen atoms in total. The molecule has 156 valence electrons. The van der Waals surface area contributed by atoms with Gasteiger partial charge in [-0.3, -0.25) is 9.59 Å². The fourth-order valence-corrected chi connectivity index (χ4v) is 3.26. The maximum atomic E-state index is 13.6. The molecule has 2 aromatic carbocycles. The number of aromatic nitrogens is 3. The SMILES string of the molecule is COc1ccc(NC(=O)CSc2nnc(CC(=O)Nc3ccccc3F)n2C)cc1. The van der Waals surface area contributed by atoms with Crippen LogP contribution >= 0.6 is 11.8 Å². The number of nitrogens with zero attached hydrogens (tertiary/aromatic N) is 3. The van der Waals surface area contributed by atoms with Crippen molar-refractivity contribution in [1.82, 2.24) is 14.8 Å². The van der Waals surface area contributed by atoms with Gasteiger partial charge in [0.15, 0.2) is 5.16 Å². The molecule has 0 aliphatic heterocycles. The number of carbonyl (C=O) groups excluding carboxylic acids is 2. The Labute approximate surface area is 176 Å². The van der Waals surface area contributed by atoms with Gasteiger partial charge in [0.05, 0.1) is 25.0 Å². The first-order valence-electron chi connectivity index (χ1n) is 8.95. The van der Waals surface area contributed by atoms with E-state index in [0.29, 0.717) is 22.4 Å². The zero-order valence-corrected chi connectivity index (χ0v) is 17.2. The summed E-state index contributed by atoms with van der Waals surface area (Å²) in [4.78, 5) is 24.3. The van der Waals surface area contributed by atoms with Crippen LogP contribution < -0.4 is 15.4 Å². The highest BCUT2D eigenvalue weighted by Crippen LogP contribution is 2.19. The first kappa shape index (κ1) is 21.3. The molecule has 30 heavy (non-hydrogen) atoms. The first-order valence-corrected chi connectivity index (χ1v) is 9.94. The lowest BCUT2D eigenvalue weighted by Crippen LogP contribution is -2.18. The Morgan fingerprint density at radius 2 is 1.80 bits per heavy atom. The van der Waals surface area contributed by atoms with Crippen LogP contribution in [0.4, 0.5) is 15.8 Å². The number of nitrogens with one attached hydrogen (secondary N) is 2. The molecule has 0 saturated heterocycles. The van der Waals surface area contributed by atoms with E-state index in [1.807, 2.05) is 0 Å². The lowest BCUT2D eigenvalue weighted by atomic mass is 10.3. The Morgan fingerprint density at radius 3 is 2.50 bits per heavy atom. The minimum atomic E-state index is -0.511. The van der Waals surface area contributed by atoms with Crippen LogP contribution in [-0.4, -0.2) is 39.4 Å². The Hall–Kier alpha value is -3.40. The number of amides is 2. The van der Waals surface area contributed by atoms with Gasteiger partial charge in [-0.25, -0.2) is 4.39 Å². The third-order valence-corrected chi connectivity index (χ3v) is 5.12. The molecule has 0 aliphatic carbocycles. The molecule has 0 bridgehead atoms. The Bertz CT molecular complexity index is 1040. The maximum Gasteiger partial charge on any atom is 0.234 e. The summed E-state index contributed by atoms with van der Waals surface area (Å²) < 4.78 is 20.4. The Balaban J connectivity index is 1.52. The lowest BCUT2D eigenvalue weighted by Gasteiger charge is -2.07. The largest absolute Gasteiger partial charge is 0.497 e. The first-order chi connectivity index (χ1) is 14.5. The second kappa shape index (κ2) is 9.88. The van der Waals surface area contributed by atoms with Gasteiger partial charge in [-0.2, -0.15) is 0 Å². The number of benzene rings is 2. The highest BCUT2D eigenvalue weighted by atomic mass is 32.2.